The van der Waals surface area contributed by atoms with Gasteiger partial charge in [-0.3, -0.25) is 9.59 Å². The number of hydrogen-bond acceptors (Lipinski definition) is 3. The van der Waals surface area contributed by atoms with Crippen molar-refractivity contribution < 1.29 is 9.59 Å². The smallest absolute Gasteiger partial charge is 0.243 e. The standard InChI is InChI=1S/C30H35BrN2O2S/c1-3-4-18-32-30(35)28(19-24-8-6-5-7-9-24)33(20-25-12-10-23(2)11-13-25)29(34)22-36-21-26-14-16-27(31)17-15-26/h5-17,28H,3-4,18-22H2,1-2H3,(H,32,35). The molecule has 36 heavy (non-hydrogen) atoms. The number of rotatable bonds is 13. The summed E-state index contributed by atoms with van der Waals surface area (Å²) in [4.78, 5) is 28.8. The zero-order valence-electron chi connectivity index (χ0n) is 21.1. The van der Waals surface area contributed by atoms with E-state index in [2.05, 4.69) is 40.3 Å². The largest absolute Gasteiger partial charge is 0.354 e. The van der Waals surface area contributed by atoms with E-state index in [0.717, 1.165) is 34.2 Å². The van der Waals surface area contributed by atoms with Gasteiger partial charge in [0.2, 0.25) is 11.8 Å². The van der Waals surface area contributed by atoms with Crippen LogP contribution < -0.4 is 5.32 Å². The van der Waals surface area contributed by atoms with Crippen molar-refractivity contribution in [3.05, 3.63) is 106 Å². The van der Waals surface area contributed by atoms with Gasteiger partial charge in [0.15, 0.2) is 0 Å². The molecule has 1 unspecified atom stereocenters. The maximum absolute atomic E-state index is 13.6. The third-order valence-electron chi connectivity index (χ3n) is 5.98. The number of amides is 2. The highest BCUT2D eigenvalue weighted by Gasteiger charge is 2.30. The molecule has 190 valence electrons. The van der Waals surface area contributed by atoms with Gasteiger partial charge in [-0.25, -0.2) is 0 Å². The summed E-state index contributed by atoms with van der Waals surface area (Å²) in [5.41, 5.74) is 4.39. The molecule has 0 fully saturated rings. The summed E-state index contributed by atoms with van der Waals surface area (Å²) < 4.78 is 1.04. The third-order valence-corrected chi connectivity index (χ3v) is 7.50. The molecule has 3 rings (SSSR count). The van der Waals surface area contributed by atoms with Gasteiger partial charge >= 0.3 is 0 Å². The van der Waals surface area contributed by atoms with Gasteiger partial charge in [-0.1, -0.05) is 102 Å². The van der Waals surface area contributed by atoms with E-state index in [-0.39, 0.29) is 11.8 Å². The minimum absolute atomic E-state index is 0.0238. The second-order valence-corrected chi connectivity index (χ2v) is 10.9. The van der Waals surface area contributed by atoms with Crippen LogP contribution in [0.15, 0.2) is 83.3 Å². The number of aryl methyl sites for hydroxylation is 1. The Kier molecular flexibility index (Phi) is 11.6. The molecule has 6 heteroatoms. The highest BCUT2D eigenvalue weighted by atomic mass is 79.9. The number of halogens is 1. The van der Waals surface area contributed by atoms with Crippen LogP contribution in [0.2, 0.25) is 0 Å². The number of carbonyl (C=O) groups excluding carboxylic acids is 2. The van der Waals surface area contributed by atoms with Gasteiger partial charge in [0.25, 0.3) is 0 Å². The van der Waals surface area contributed by atoms with Gasteiger partial charge in [-0.15, -0.1) is 11.8 Å². The number of nitrogens with one attached hydrogen (secondary N) is 1. The second-order valence-electron chi connectivity index (χ2n) is 8.98. The van der Waals surface area contributed by atoms with Crippen molar-refractivity contribution in [1.82, 2.24) is 10.2 Å². The number of nitrogens with zero attached hydrogens (tertiary/aromatic N) is 1. The highest BCUT2D eigenvalue weighted by molar-refractivity contribution is 9.10. The Balaban J connectivity index is 1.81. The summed E-state index contributed by atoms with van der Waals surface area (Å²) in [5.74, 6) is 0.939. The zero-order chi connectivity index (χ0) is 25.8. The Morgan fingerprint density at radius 2 is 1.58 bits per heavy atom. The Hall–Kier alpha value is -2.57. The van der Waals surface area contributed by atoms with Crippen LogP contribution in [0.25, 0.3) is 0 Å². The molecule has 0 bridgehead atoms. The summed E-state index contributed by atoms with van der Waals surface area (Å²) in [7, 11) is 0. The van der Waals surface area contributed by atoms with Crippen LogP contribution in [0, 0.1) is 6.92 Å². The number of unbranched alkanes of at least 4 members (excludes halogenated alkanes) is 1. The molecule has 0 radical (unpaired) electrons. The molecule has 1 atom stereocenters. The van der Waals surface area contributed by atoms with E-state index < -0.39 is 6.04 Å². The van der Waals surface area contributed by atoms with Crippen molar-refractivity contribution in [2.24, 2.45) is 0 Å². The maximum atomic E-state index is 13.6. The molecule has 0 aliphatic heterocycles. The van der Waals surface area contributed by atoms with Crippen LogP contribution in [-0.2, 0) is 28.3 Å². The molecular weight excluding hydrogens is 532 g/mol. The summed E-state index contributed by atoms with van der Waals surface area (Å²) in [6, 6.07) is 25.7. The number of carbonyl (C=O) groups is 2. The van der Waals surface area contributed by atoms with E-state index in [0.29, 0.717) is 25.3 Å². The van der Waals surface area contributed by atoms with Crippen molar-refractivity contribution in [3.63, 3.8) is 0 Å². The Labute approximate surface area is 228 Å². The molecular formula is C30H35BrN2O2S. The minimum Gasteiger partial charge on any atom is -0.354 e. The SMILES string of the molecule is CCCCNC(=O)C(Cc1ccccc1)N(Cc1ccc(C)cc1)C(=O)CSCc1ccc(Br)cc1. The van der Waals surface area contributed by atoms with E-state index in [4.69, 9.17) is 0 Å². The predicted molar refractivity (Wildman–Crippen MR) is 154 cm³/mol. The van der Waals surface area contributed by atoms with Crippen molar-refractivity contribution in [2.75, 3.05) is 12.3 Å². The zero-order valence-corrected chi connectivity index (χ0v) is 23.5. The Morgan fingerprint density at radius 3 is 2.25 bits per heavy atom. The summed E-state index contributed by atoms with van der Waals surface area (Å²) >= 11 is 5.05. The predicted octanol–water partition coefficient (Wildman–Crippen LogP) is 6.55. The van der Waals surface area contributed by atoms with Crippen molar-refractivity contribution in [2.45, 2.75) is 51.4 Å². The molecule has 1 N–H and O–H groups in total. The fourth-order valence-corrected chi connectivity index (χ4v) is 5.01. The minimum atomic E-state index is -0.577. The first-order valence-corrected chi connectivity index (χ1v) is 14.4. The van der Waals surface area contributed by atoms with Gasteiger partial charge in [-0.2, -0.15) is 0 Å². The van der Waals surface area contributed by atoms with E-state index in [1.165, 1.54) is 11.1 Å². The van der Waals surface area contributed by atoms with Crippen LogP contribution in [0.1, 0.15) is 42.0 Å². The second kappa shape index (κ2) is 14.9. The molecule has 0 aromatic heterocycles. The van der Waals surface area contributed by atoms with Crippen LogP contribution in [0.5, 0.6) is 0 Å². The normalized spacial score (nSPS) is 11.6. The molecule has 3 aromatic carbocycles. The molecule has 0 aliphatic carbocycles. The van der Waals surface area contributed by atoms with E-state index in [1.807, 2.05) is 73.7 Å². The van der Waals surface area contributed by atoms with E-state index >= 15 is 0 Å². The average Bonchev–Trinajstić information content (AvgIpc) is 2.89. The van der Waals surface area contributed by atoms with Crippen molar-refractivity contribution in [1.29, 1.82) is 0 Å². The average molecular weight is 568 g/mol. The van der Waals surface area contributed by atoms with Crippen LogP contribution in [0.4, 0.5) is 0 Å². The molecule has 0 aliphatic rings. The van der Waals surface area contributed by atoms with E-state index in [9.17, 15) is 9.59 Å². The molecule has 3 aromatic rings. The lowest BCUT2D eigenvalue weighted by Crippen LogP contribution is -2.51. The van der Waals surface area contributed by atoms with Gasteiger partial charge in [-0.05, 0) is 42.2 Å². The van der Waals surface area contributed by atoms with Gasteiger partial charge in [0.05, 0.1) is 5.75 Å². The fraction of sp³-hybridized carbons (Fsp3) is 0.333. The van der Waals surface area contributed by atoms with Crippen molar-refractivity contribution >= 4 is 39.5 Å². The Morgan fingerprint density at radius 1 is 0.917 bits per heavy atom. The molecule has 4 nitrogen and oxygen atoms in total. The maximum Gasteiger partial charge on any atom is 0.243 e. The van der Waals surface area contributed by atoms with Crippen LogP contribution in [-0.4, -0.2) is 35.1 Å². The van der Waals surface area contributed by atoms with E-state index in [1.54, 1.807) is 16.7 Å². The highest BCUT2D eigenvalue weighted by Crippen LogP contribution is 2.20. The summed E-state index contributed by atoms with van der Waals surface area (Å²) in [6.45, 7) is 5.16. The monoisotopic (exact) mass is 566 g/mol. The molecule has 0 saturated carbocycles. The lowest BCUT2D eigenvalue weighted by atomic mass is 10.0. The molecule has 2 amide bonds. The van der Waals surface area contributed by atoms with Crippen LogP contribution in [0.3, 0.4) is 0 Å². The molecule has 0 heterocycles. The first-order chi connectivity index (χ1) is 17.5. The molecule has 0 spiro atoms. The topological polar surface area (TPSA) is 49.4 Å². The van der Waals surface area contributed by atoms with Gasteiger partial charge < -0.3 is 10.2 Å². The number of hydrogen-bond donors (Lipinski definition) is 1. The third kappa shape index (κ3) is 9.14. The number of benzene rings is 3. The fourth-order valence-electron chi connectivity index (χ4n) is 3.87. The summed E-state index contributed by atoms with van der Waals surface area (Å²) in [6.07, 6.45) is 2.40. The van der Waals surface area contributed by atoms with Crippen LogP contribution >= 0.6 is 27.7 Å². The Bertz CT molecular complexity index is 1090. The van der Waals surface area contributed by atoms with Gasteiger partial charge in [0, 0.05) is 29.7 Å². The first kappa shape index (κ1) is 28.0. The lowest BCUT2D eigenvalue weighted by Gasteiger charge is -2.31. The first-order valence-electron chi connectivity index (χ1n) is 12.4. The summed E-state index contributed by atoms with van der Waals surface area (Å²) in [5, 5.41) is 3.08. The molecule has 0 saturated heterocycles. The lowest BCUT2D eigenvalue weighted by molar-refractivity contribution is -0.139. The van der Waals surface area contributed by atoms with Gasteiger partial charge in [0.1, 0.15) is 6.04 Å². The quantitative estimate of drug-likeness (QED) is 0.239. The number of thioether (sulfide) groups is 1. The van der Waals surface area contributed by atoms with Crippen molar-refractivity contribution in [3.8, 4) is 0 Å².